The third-order valence-electron chi connectivity index (χ3n) is 3.06. The molecule has 0 spiro atoms. The van der Waals surface area contributed by atoms with E-state index in [0.29, 0.717) is 5.02 Å². The van der Waals surface area contributed by atoms with Crippen molar-refractivity contribution in [3.05, 3.63) is 62.6 Å². The number of halogens is 3. The van der Waals surface area contributed by atoms with Gasteiger partial charge in [-0.1, -0.05) is 46.9 Å². The van der Waals surface area contributed by atoms with Crippen molar-refractivity contribution in [1.29, 1.82) is 0 Å². The van der Waals surface area contributed by atoms with Crippen LogP contribution in [0.1, 0.15) is 15.9 Å². The summed E-state index contributed by atoms with van der Waals surface area (Å²) in [5.41, 5.74) is 0.926. The lowest BCUT2D eigenvalue weighted by Crippen LogP contribution is -2.35. The number of carbonyl (C=O) groups is 2. The molecule has 5 nitrogen and oxygen atoms in total. The first-order valence-electron chi connectivity index (χ1n) is 6.84. The number of thiocarbonyl (C=S) groups is 1. The van der Waals surface area contributed by atoms with E-state index in [-0.39, 0.29) is 38.7 Å². The number of carboxylic acid groups (broad SMARTS) is 1. The van der Waals surface area contributed by atoms with E-state index < -0.39 is 5.97 Å². The van der Waals surface area contributed by atoms with Gasteiger partial charge in [0.2, 0.25) is 5.91 Å². The Balaban J connectivity index is 2.01. The average Bonchev–Trinajstić information content (AvgIpc) is 2.52. The van der Waals surface area contributed by atoms with Gasteiger partial charge in [-0.2, -0.15) is 0 Å². The molecule has 25 heavy (non-hydrogen) atoms. The summed E-state index contributed by atoms with van der Waals surface area (Å²) in [7, 11) is 0. The Bertz CT molecular complexity index is 818. The first-order chi connectivity index (χ1) is 11.8. The van der Waals surface area contributed by atoms with Gasteiger partial charge in [0.15, 0.2) is 5.11 Å². The number of benzene rings is 2. The maximum absolute atomic E-state index is 12.0. The summed E-state index contributed by atoms with van der Waals surface area (Å²) in [5.74, 6) is -1.50. The molecule has 0 unspecified atom stereocenters. The number of hydrogen-bond donors (Lipinski definition) is 3. The normalized spacial score (nSPS) is 10.2. The number of hydrogen-bond acceptors (Lipinski definition) is 3. The molecule has 0 aliphatic rings. The minimum atomic E-state index is -1.16. The molecule has 0 aliphatic carbocycles. The predicted molar refractivity (Wildman–Crippen MR) is 103 cm³/mol. The molecule has 2 aromatic carbocycles. The van der Waals surface area contributed by atoms with Crippen LogP contribution in [0.2, 0.25) is 15.1 Å². The Morgan fingerprint density at radius 3 is 2.12 bits per heavy atom. The molecule has 0 saturated carbocycles. The molecule has 0 aliphatic heterocycles. The number of rotatable bonds is 4. The zero-order chi connectivity index (χ0) is 18.6. The molecule has 9 heteroatoms. The number of amides is 1. The number of anilines is 1. The van der Waals surface area contributed by atoms with Crippen LogP contribution in [0.5, 0.6) is 0 Å². The second-order valence-electron chi connectivity index (χ2n) is 4.93. The standard InChI is InChI=1S/C16H11Cl3N2O3S/c17-10-3-1-8(2-4-10)5-13(22)20-16(25)21-14-11(18)6-9(15(23)24)7-12(14)19/h1-4,6-7H,5H2,(H,23,24)(H2,20,21,22,25). The van der Waals surface area contributed by atoms with Gasteiger partial charge in [0.1, 0.15) is 0 Å². The van der Waals surface area contributed by atoms with Crippen molar-refractivity contribution < 1.29 is 14.7 Å². The predicted octanol–water partition coefficient (Wildman–Crippen LogP) is 4.40. The SMILES string of the molecule is O=C(Cc1ccc(Cl)cc1)NC(=S)Nc1c(Cl)cc(C(=O)O)cc1Cl. The Morgan fingerprint density at radius 1 is 1.04 bits per heavy atom. The highest BCUT2D eigenvalue weighted by atomic mass is 35.5. The van der Waals surface area contributed by atoms with Crippen molar-refractivity contribution in [2.45, 2.75) is 6.42 Å². The molecule has 0 fully saturated rings. The molecule has 1 amide bonds. The molecule has 0 saturated heterocycles. The van der Waals surface area contributed by atoms with Crippen LogP contribution in [0, 0.1) is 0 Å². The fourth-order valence-corrected chi connectivity index (χ4v) is 2.84. The smallest absolute Gasteiger partial charge is 0.335 e. The molecule has 2 aromatic rings. The highest BCUT2D eigenvalue weighted by molar-refractivity contribution is 7.80. The Hall–Kier alpha value is -1.86. The molecule has 2 rings (SSSR count). The van der Waals surface area contributed by atoms with Crippen molar-refractivity contribution in [3.63, 3.8) is 0 Å². The monoisotopic (exact) mass is 416 g/mol. The maximum Gasteiger partial charge on any atom is 0.335 e. The highest BCUT2D eigenvalue weighted by Crippen LogP contribution is 2.31. The third kappa shape index (κ3) is 5.57. The summed E-state index contributed by atoms with van der Waals surface area (Å²) in [6.45, 7) is 0. The Labute approximate surface area is 163 Å². The number of aromatic carboxylic acids is 1. The van der Waals surface area contributed by atoms with Gasteiger partial charge >= 0.3 is 5.97 Å². The van der Waals surface area contributed by atoms with E-state index >= 15 is 0 Å². The molecule has 0 radical (unpaired) electrons. The topological polar surface area (TPSA) is 78.4 Å². The minimum absolute atomic E-state index is 0.00848. The molecule has 0 bridgehead atoms. The van der Waals surface area contributed by atoms with Gasteiger partial charge in [0.05, 0.1) is 27.7 Å². The second kappa shape index (κ2) is 8.49. The average molecular weight is 418 g/mol. The Morgan fingerprint density at radius 2 is 1.60 bits per heavy atom. The number of carbonyl (C=O) groups excluding carboxylic acids is 1. The zero-order valence-electron chi connectivity index (χ0n) is 12.5. The van der Waals surface area contributed by atoms with Crippen molar-refractivity contribution >= 4 is 69.7 Å². The molecule has 130 valence electrons. The minimum Gasteiger partial charge on any atom is -0.478 e. The molecule has 0 atom stereocenters. The summed E-state index contributed by atoms with van der Waals surface area (Å²) in [5, 5.41) is 14.9. The summed E-state index contributed by atoms with van der Waals surface area (Å²) in [6, 6.07) is 9.30. The molecular weight excluding hydrogens is 407 g/mol. The zero-order valence-corrected chi connectivity index (χ0v) is 15.6. The lowest BCUT2D eigenvalue weighted by atomic mass is 10.1. The van der Waals surface area contributed by atoms with Gasteiger partial charge in [-0.25, -0.2) is 4.79 Å². The molecule has 0 heterocycles. The van der Waals surface area contributed by atoms with Gasteiger partial charge in [-0.15, -0.1) is 0 Å². The van der Waals surface area contributed by atoms with E-state index in [1.54, 1.807) is 24.3 Å². The van der Waals surface area contributed by atoms with E-state index in [1.165, 1.54) is 12.1 Å². The van der Waals surface area contributed by atoms with Crippen LogP contribution in [0.15, 0.2) is 36.4 Å². The largest absolute Gasteiger partial charge is 0.478 e. The second-order valence-corrected chi connectivity index (χ2v) is 6.58. The van der Waals surface area contributed by atoms with Crippen LogP contribution in [-0.4, -0.2) is 22.1 Å². The fourth-order valence-electron chi connectivity index (χ4n) is 1.92. The Kier molecular flexibility index (Phi) is 6.61. The van der Waals surface area contributed by atoms with E-state index in [0.717, 1.165) is 5.56 Å². The van der Waals surface area contributed by atoms with E-state index in [4.69, 9.17) is 52.1 Å². The fraction of sp³-hybridized carbons (Fsp3) is 0.0625. The van der Waals surface area contributed by atoms with Crippen molar-refractivity contribution in [2.24, 2.45) is 0 Å². The van der Waals surface area contributed by atoms with Gasteiger partial charge in [-0.3, -0.25) is 4.79 Å². The lowest BCUT2D eigenvalue weighted by Gasteiger charge is -2.13. The van der Waals surface area contributed by atoms with Gasteiger partial charge in [0, 0.05) is 5.02 Å². The summed E-state index contributed by atoms with van der Waals surface area (Å²) >= 11 is 22.9. The van der Waals surface area contributed by atoms with Crippen LogP contribution in [0.3, 0.4) is 0 Å². The highest BCUT2D eigenvalue weighted by Gasteiger charge is 2.14. The van der Waals surface area contributed by atoms with Gasteiger partial charge < -0.3 is 15.7 Å². The van der Waals surface area contributed by atoms with Crippen LogP contribution >= 0.6 is 47.0 Å². The first kappa shape index (κ1) is 19.5. The van der Waals surface area contributed by atoms with Crippen LogP contribution in [0.4, 0.5) is 5.69 Å². The van der Waals surface area contributed by atoms with Crippen molar-refractivity contribution in [1.82, 2.24) is 5.32 Å². The molecule has 0 aromatic heterocycles. The molecule has 3 N–H and O–H groups in total. The van der Waals surface area contributed by atoms with Crippen molar-refractivity contribution in [3.8, 4) is 0 Å². The summed E-state index contributed by atoms with van der Waals surface area (Å²) < 4.78 is 0. The maximum atomic E-state index is 12.0. The number of carboxylic acids is 1. The van der Waals surface area contributed by atoms with Crippen LogP contribution in [-0.2, 0) is 11.2 Å². The third-order valence-corrected chi connectivity index (χ3v) is 4.11. The quantitative estimate of drug-likeness (QED) is 0.643. The first-order valence-corrected chi connectivity index (χ1v) is 8.38. The summed E-state index contributed by atoms with van der Waals surface area (Å²) in [6.07, 6.45) is 0.110. The van der Waals surface area contributed by atoms with Gasteiger partial charge in [0.25, 0.3) is 0 Å². The lowest BCUT2D eigenvalue weighted by molar-refractivity contribution is -0.119. The van der Waals surface area contributed by atoms with E-state index in [2.05, 4.69) is 10.6 Å². The van der Waals surface area contributed by atoms with Crippen LogP contribution in [0.25, 0.3) is 0 Å². The van der Waals surface area contributed by atoms with E-state index in [9.17, 15) is 9.59 Å². The van der Waals surface area contributed by atoms with Crippen molar-refractivity contribution in [2.75, 3.05) is 5.32 Å². The van der Waals surface area contributed by atoms with Crippen LogP contribution < -0.4 is 10.6 Å². The van der Waals surface area contributed by atoms with E-state index in [1.807, 2.05) is 0 Å². The summed E-state index contributed by atoms with van der Waals surface area (Å²) in [4.78, 5) is 22.9. The molecular formula is C16H11Cl3N2O3S. The van der Waals surface area contributed by atoms with Gasteiger partial charge in [-0.05, 0) is 42.0 Å². The number of nitrogens with one attached hydrogen (secondary N) is 2.